The highest BCUT2D eigenvalue weighted by Gasteiger charge is 2.26. The van der Waals surface area contributed by atoms with Crippen molar-refractivity contribution < 1.29 is 9.53 Å². The number of hydrogen-bond acceptors (Lipinski definition) is 6. The lowest BCUT2D eigenvalue weighted by Crippen LogP contribution is -2.25. The van der Waals surface area contributed by atoms with Gasteiger partial charge in [0, 0.05) is 43.6 Å². The number of rotatable bonds is 15. The van der Waals surface area contributed by atoms with Crippen molar-refractivity contribution in [1.29, 1.82) is 0 Å². The molecule has 0 unspecified atom stereocenters. The number of halogens is 1. The molecular formula is C34H47ClN4O2S. The summed E-state index contributed by atoms with van der Waals surface area (Å²) in [5.41, 5.74) is 4.47. The Morgan fingerprint density at radius 1 is 0.976 bits per heavy atom. The van der Waals surface area contributed by atoms with Gasteiger partial charge in [-0.3, -0.25) is 4.79 Å². The van der Waals surface area contributed by atoms with Crippen LogP contribution in [-0.4, -0.2) is 43.1 Å². The number of carbonyl (C=O) groups is 1. The molecule has 2 aromatic carbocycles. The maximum atomic E-state index is 12.8. The highest BCUT2D eigenvalue weighted by molar-refractivity contribution is 7.98. The van der Waals surface area contributed by atoms with Crippen LogP contribution >= 0.6 is 23.4 Å². The van der Waals surface area contributed by atoms with Gasteiger partial charge < -0.3 is 15.0 Å². The van der Waals surface area contributed by atoms with Crippen LogP contribution < -0.4 is 15.0 Å². The monoisotopic (exact) mass is 610 g/mol. The summed E-state index contributed by atoms with van der Waals surface area (Å²) >= 11 is 7.65. The number of thioether (sulfide) groups is 1. The average Bonchev–Trinajstić information content (AvgIpc) is 2.97. The van der Waals surface area contributed by atoms with E-state index >= 15 is 0 Å². The molecule has 0 aliphatic heterocycles. The lowest BCUT2D eigenvalue weighted by atomic mass is 9.76. The van der Waals surface area contributed by atoms with Crippen LogP contribution in [0.1, 0.15) is 94.3 Å². The largest absolute Gasteiger partial charge is 0.493 e. The summed E-state index contributed by atoms with van der Waals surface area (Å²) < 4.78 is 6.29. The Labute approximate surface area is 262 Å². The lowest BCUT2D eigenvalue weighted by Gasteiger charge is -2.30. The van der Waals surface area contributed by atoms with Gasteiger partial charge in [-0.2, -0.15) is 0 Å². The Hall–Kier alpha value is -2.77. The van der Waals surface area contributed by atoms with E-state index in [1.807, 2.05) is 43.3 Å². The molecule has 3 aromatic rings. The Morgan fingerprint density at radius 2 is 1.71 bits per heavy atom. The molecule has 0 fully saturated rings. The quantitative estimate of drug-likeness (QED) is 0.0806. The van der Waals surface area contributed by atoms with E-state index in [0.29, 0.717) is 34.8 Å². The zero-order valence-corrected chi connectivity index (χ0v) is 28.1. The molecule has 0 aliphatic carbocycles. The molecule has 1 N–H and O–H groups in total. The van der Waals surface area contributed by atoms with Crippen molar-refractivity contribution >= 4 is 35.1 Å². The first-order chi connectivity index (χ1) is 19.9. The molecule has 6 nitrogen and oxygen atoms in total. The minimum atomic E-state index is -0.0715. The standard InChI is InChI=1S/C34H47ClN4O2S/c1-9-33(3,4)26-16-17-28(27(21-26)34(5,6)10-2)41-19-12-11-18-36-31(40)25-15-13-14-24(20-25)23-42-32-37-29(35)22-30(38-32)39(7)8/h13-17,20-22H,9-12,18-19,23H2,1-8H3,(H,36,40). The molecule has 1 amide bonds. The van der Waals surface area contributed by atoms with Crippen LogP contribution in [0.4, 0.5) is 5.82 Å². The molecule has 0 radical (unpaired) electrons. The molecule has 0 aliphatic rings. The fraction of sp³-hybridized carbons (Fsp3) is 0.500. The molecule has 0 saturated carbocycles. The maximum absolute atomic E-state index is 12.8. The summed E-state index contributed by atoms with van der Waals surface area (Å²) in [6.45, 7) is 14.8. The number of aromatic nitrogens is 2. The van der Waals surface area contributed by atoms with Gasteiger partial charge in [0.1, 0.15) is 16.7 Å². The SMILES string of the molecule is CCC(C)(C)c1ccc(OCCCCNC(=O)c2cccc(CSc3nc(Cl)cc(N(C)C)n3)c2)c(C(C)(C)CC)c1. The van der Waals surface area contributed by atoms with Gasteiger partial charge in [-0.15, -0.1) is 0 Å². The molecule has 0 saturated heterocycles. The molecule has 228 valence electrons. The van der Waals surface area contributed by atoms with Gasteiger partial charge in [0.2, 0.25) is 0 Å². The second-order valence-electron chi connectivity index (χ2n) is 12.2. The maximum Gasteiger partial charge on any atom is 0.251 e. The van der Waals surface area contributed by atoms with E-state index in [0.717, 1.165) is 42.8 Å². The Balaban J connectivity index is 1.49. The predicted octanol–water partition coefficient (Wildman–Crippen LogP) is 8.45. The zero-order chi connectivity index (χ0) is 30.9. The fourth-order valence-electron chi connectivity index (χ4n) is 4.34. The third-order valence-electron chi connectivity index (χ3n) is 8.05. The van der Waals surface area contributed by atoms with Crippen LogP contribution in [0.5, 0.6) is 5.75 Å². The molecule has 0 atom stereocenters. The fourth-order valence-corrected chi connectivity index (χ4v) is 5.37. The Kier molecular flexibility index (Phi) is 12.1. The smallest absolute Gasteiger partial charge is 0.251 e. The van der Waals surface area contributed by atoms with Crippen LogP contribution in [0.2, 0.25) is 5.15 Å². The summed E-state index contributed by atoms with van der Waals surface area (Å²) in [7, 11) is 3.83. The summed E-state index contributed by atoms with van der Waals surface area (Å²) in [4.78, 5) is 23.6. The van der Waals surface area contributed by atoms with Crippen molar-refractivity contribution in [3.63, 3.8) is 0 Å². The minimum absolute atomic E-state index is 0.0342. The first kappa shape index (κ1) is 33.7. The van der Waals surface area contributed by atoms with Crippen LogP contribution in [0.3, 0.4) is 0 Å². The number of unbranched alkanes of at least 4 members (excludes halogenated alkanes) is 1. The molecule has 1 heterocycles. The van der Waals surface area contributed by atoms with Crippen molar-refractivity contribution in [1.82, 2.24) is 15.3 Å². The first-order valence-electron chi connectivity index (χ1n) is 14.9. The Morgan fingerprint density at radius 3 is 2.40 bits per heavy atom. The van der Waals surface area contributed by atoms with Crippen molar-refractivity contribution in [2.24, 2.45) is 0 Å². The van der Waals surface area contributed by atoms with E-state index in [4.69, 9.17) is 16.3 Å². The number of amides is 1. The molecule has 0 bridgehead atoms. The highest BCUT2D eigenvalue weighted by Crippen LogP contribution is 2.38. The van der Waals surface area contributed by atoms with Gasteiger partial charge in [-0.1, -0.05) is 89.2 Å². The zero-order valence-electron chi connectivity index (χ0n) is 26.5. The number of ether oxygens (including phenoxy) is 1. The van der Waals surface area contributed by atoms with E-state index in [1.165, 1.54) is 22.9 Å². The number of nitrogens with one attached hydrogen (secondary N) is 1. The average molecular weight is 611 g/mol. The normalized spacial score (nSPS) is 11.8. The van der Waals surface area contributed by atoms with Gasteiger partial charge in [0.25, 0.3) is 5.91 Å². The lowest BCUT2D eigenvalue weighted by molar-refractivity contribution is 0.0952. The first-order valence-corrected chi connectivity index (χ1v) is 16.2. The Bertz CT molecular complexity index is 1340. The summed E-state index contributed by atoms with van der Waals surface area (Å²) in [5.74, 6) is 2.30. The molecular weight excluding hydrogens is 564 g/mol. The van der Waals surface area contributed by atoms with Gasteiger partial charge in [-0.25, -0.2) is 9.97 Å². The van der Waals surface area contributed by atoms with Crippen LogP contribution in [0.25, 0.3) is 0 Å². The van der Waals surface area contributed by atoms with E-state index in [1.54, 1.807) is 6.07 Å². The number of carbonyl (C=O) groups excluding carboxylic acids is 1. The van der Waals surface area contributed by atoms with Crippen molar-refractivity contribution in [3.8, 4) is 5.75 Å². The van der Waals surface area contributed by atoms with Crippen LogP contribution in [0.15, 0.2) is 53.7 Å². The van der Waals surface area contributed by atoms with Gasteiger partial charge in [0.05, 0.1) is 6.61 Å². The number of nitrogens with zero attached hydrogens (tertiary/aromatic N) is 3. The van der Waals surface area contributed by atoms with Gasteiger partial charge in [-0.05, 0) is 65.8 Å². The van der Waals surface area contributed by atoms with E-state index < -0.39 is 0 Å². The second-order valence-corrected chi connectivity index (χ2v) is 13.5. The number of benzene rings is 2. The van der Waals surface area contributed by atoms with Crippen molar-refractivity contribution in [2.75, 3.05) is 32.1 Å². The van der Waals surface area contributed by atoms with Crippen molar-refractivity contribution in [2.45, 2.75) is 89.0 Å². The second kappa shape index (κ2) is 15.1. The molecule has 3 rings (SSSR count). The summed E-state index contributed by atoms with van der Waals surface area (Å²) in [6, 6.07) is 16.1. The van der Waals surface area contributed by atoms with Crippen LogP contribution in [-0.2, 0) is 16.6 Å². The summed E-state index contributed by atoms with van der Waals surface area (Å²) in [5, 5.41) is 4.07. The number of hydrogen-bond donors (Lipinski definition) is 1. The molecule has 8 heteroatoms. The predicted molar refractivity (Wildman–Crippen MR) is 178 cm³/mol. The molecule has 1 aromatic heterocycles. The number of anilines is 1. The van der Waals surface area contributed by atoms with E-state index in [-0.39, 0.29) is 16.7 Å². The minimum Gasteiger partial charge on any atom is -0.493 e. The molecule has 0 spiro atoms. The molecule has 42 heavy (non-hydrogen) atoms. The van der Waals surface area contributed by atoms with Gasteiger partial charge in [0.15, 0.2) is 5.16 Å². The van der Waals surface area contributed by atoms with Crippen molar-refractivity contribution in [3.05, 3.63) is 75.9 Å². The highest BCUT2D eigenvalue weighted by atomic mass is 35.5. The topological polar surface area (TPSA) is 67.3 Å². The van der Waals surface area contributed by atoms with Crippen LogP contribution in [0, 0.1) is 0 Å². The third kappa shape index (κ3) is 9.37. The van der Waals surface area contributed by atoms with Gasteiger partial charge >= 0.3 is 0 Å². The summed E-state index contributed by atoms with van der Waals surface area (Å²) in [6.07, 6.45) is 3.83. The van der Waals surface area contributed by atoms with E-state index in [2.05, 4.69) is 75.0 Å². The van der Waals surface area contributed by atoms with E-state index in [9.17, 15) is 4.79 Å². The third-order valence-corrected chi connectivity index (χ3v) is 9.16.